The number of carbonyl (C=O) groups is 1. The lowest BCUT2D eigenvalue weighted by molar-refractivity contribution is 0.0978. The minimum atomic E-state index is -0.295. The van der Waals surface area contributed by atoms with Crippen LogP contribution in [0.2, 0.25) is 10.0 Å². The molecule has 0 radical (unpaired) electrons. The maximum Gasteiger partial charge on any atom is 0.257 e. The Kier molecular flexibility index (Phi) is 5.00. The molecule has 0 atom stereocenters. The van der Waals surface area contributed by atoms with Crippen LogP contribution in [0.15, 0.2) is 60.7 Å². The second-order valence-electron chi connectivity index (χ2n) is 5.07. The first-order valence-electron chi connectivity index (χ1n) is 7.10. The molecule has 3 aromatic carbocycles. The molecule has 1 amide bonds. The third-order valence-electron chi connectivity index (χ3n) is 3.44. The fraction of sp³-hybridized carbons (Fsp3) is 0. The van der Waals surface area contributed by atoms with Gasteiger partial charge in [0, 0.05) is 5.56 Å². The van der Waals surface area contributed by atoms with Gasteiger partial charge in [0.2, 0.25) is 0 Å². The zero-order valence-corrected chi connectivity index (χ0v) is 14.7. The summed E-state index contributed by atoms with van der Waals surface area (Å²) in [6.07, 6.45) is 0. The van der Waals surface area contributed by atoms with Gasteiger partial charge in [0.1, 0.15) is 0 Å². The minimum absolute atomic E-state index is 0.150. The monoisotopic (exact) mass is 374 g/mol. The molecule has 6 heteroatoms. The highest BCUT2D eigenvalue weighted by Crippen LogP contribution is 2.29. The number of hydrogen-bond acceptors (Lipinski definition) is 2. The molecule has 0 aromatic heterocycles. The SMILES string of the molecule is O=C(NC(=S)Nc1cccc(Cl)c1Cl)c1ccc2ccccc2c1. The van der Waals surface area contributed by atoms with E-state index in [0.29, 0.717) is 21.3 Å². The van der Waals surface area contributed by atoms with Gasteiger partial charge in [-0.1, -0.05) is 59.6 Å². The average molecular weight is 375 g/mol. The van der Waals surface area contributed by atoms with Crippen molar-refractivity contribution in [3.63, 3.8) is 0 Å². The van der Waals surface area contributed by atoms with E-state index in [0.717, 1.165) is 10.8 Å². The van der Waals surface area contributed by atoms with Crippen molar-refractivity contribution in [1.82, 2.24) is 5.32 Å². The topological polar surface area (TPSA) is 41.1 Å². The normalized spacial score (nSPS) is 10.4. The Morgan fingerprint density at radius 2 is 1.67 bits per heavy atom. The number of anilines is 1. The summed E-state index contributed by atoms with van der Waals surface area (Å²) in [7, 11) is 0. The zero-order chi connectivity index (χ0) is 17.1. The van der Waals surface area contributed by atoms with Gasteiger partial charge < -0.3 is 5.32 Å². The standard InChI is InChI=1S/C18H12Cl2N2OS/c19-14-6-3-7-15(16(14)20)21-18(24)22-17(23)13-9-8-11-4-1-2-5-12(11)10-13/h1-10H,(H2,21,22,23,24). The van der Waals surface area contributed by atoms with Gasteiger partial charge in [-0.3, -0.25) is 10.1 Å². The Balaban J connectivity index is 1.73. The summed E-state index contributed by atoms with van der Waals surface area (Å²) < 4.78 is 0. The highest BCUT2D eigenvalue weighted by atomic mass is 35.5. The molecule has 0 fully saturated rings. The van der Waals surface area contributed by atoms with E-state index in [-0.39, 0.29) is 11.0 Å². The lowest BCUT2D eigenvalue weighted by Gasteiger charge is -2.11. The molecule has 2 N–H and O–H groups in total. The Labute approximate surface area is 154 Å². The quantitative estimate of drug-likeness (QED) is 0.600. The van der Waals surface area contributed by atoms with Crippen molar-refractivity contribution >= 4 is 62.9 Å². The first-order valence-corrected chi connectivity index (χ1v) is 8.26. The molecular weight excluding hydrogens is 363 g/mol. The highest BCUT2D eigenvalue weighted by Gasteiger charge is 2.10. The van der Waals surface area contributed by atoms with Crippen LogP contribution in [-0.2, 0) is 0 Å². The van der Waals surface area contributed by atoms with Crippen LogP contribution in [0.1, 0.15) is 10.4 Å². The van der Waals surface area contributed by atoms with Gasteiger partial charge >= 0.3 is 0 Å². The summed E-state index contributed by atoms with van der Waals surface area (Å²) in [6.45, 7) is 0. The van der Waals surface area contributed by atoms with Gasteiger partial charge in [0.25, 0.3) is 5.91 Å². The number of halogens is 2. The van der Waals surface area contributed by atoms with Crippen LogP contribution in [0.25, 0.3) is 10.8 Å². The molecule has 0 unspecified atom stereocenters. The summed E-state index contributed by atoms with van der Waals surface area (Å²) in [5, 5.41) is 8.47. The molecule has 0 saturated carbocycles. The lowest BCUT2D eigenvalue weighted by Crippen LogP contribution is -2.34. The Hall–Kier alpha value is -2.14. The summed E-state index contributed by atoms with van der Waals surface area (Å²) >= 11 is 17.2. The van der Waals surface area contributed by atoms with Crippen LogP contribution in [0.4, 0.5) is 5.69 Å². The number of carbonyl (C=O) groups excluding carboxylic acids is 1. The number of thiocarbonyl (C=S) groups is 1. The van der Waals surface area contributed by atoms with Crippen molar-refractivity contribution in [2.75, 3.05) is 5.32 Å². The number of benzene rings is 3. The zero-order valence-electron chi connectivity index (χ0n) is 12.3. The minimum Gasteiger partial charge on any atom is -0.331 e. The predicted octanol–water partition coefficient (Wildman–Crippen LogP) is 5.27. The largest absolute Gasteiger partial charge is 0.331 e. The van der Waals surface area contributed by atoms with Gasteiger partial charge in [-0.15, -0.1) is 0 Å². The predicted molar refractivity (Wildman–Crippen MR) is 104 cm³/mol. The smallest absolute Gasteiger partial charge is 0.257 e. The van der Waals surface area contributed by atoms with Gasteiger partial charge in [-0.05, 0) is 47.3 Å². The Morgan fingerprint density at radius 1 is 0.917 bits per heavy atom. The summed E-state index contributed by atoms with van der Waals surface area (Å²) in [6, 6.07) is 18.4. The van der Waals surface area contributed by atoms with Crippen molar-refractivity contribution in [2.24, 2.45) is 0 Å². The van der Waals surface area contributed by atoms with Crippen LogP contribution < -0.4 is 10.6 Å². The van der Waals surface area contributed by atoms with Crippen LogP contribution >= 0.6 is 35.4 Å². The molecule has 3 aromatic rings. The molecule has 120 valence electrons. The van der Waals surface area contributed by atoms with E-state index < -0.39 is 0 Å². The van der Waals surface area contributed by atoms with Gasteiger partial charge in [-0.25, -0.2) is 0 Å². The molecular formula is C18H12Cl2N2OS. The molecule has 0 aliphatic carbocycles. The number of nitrogens with one attached hydrogen (secondary N) is 2. The molecule has 0 aliphatic rings. The van der Waals surface area contributed by atoms with E-state index in [4.69, 9.17) is 35.4 Å². The van der Waals surface area contributed by atoms with E-state index in [9.17, 15) is 4.79 Å². The maximum absolute atomic E-state index is 12.3. The summed E-state index contributed by atoms with van der Waals surface area (Å²) in [5.74, 6) is -0.295. The van der Waals surface area contributed by atoms with Crippen molar-refractivity contribution in [3.8, 4) is 0 Å². The van der Waals surface area contributed by atoms with Crippen molar-refractivity contribution in [2.45, 2.75) is 0 Å². The van der Waals surface area contributed by atoms with Gasteiger partial charge in [-0.2, -0.15) is 0 Å². The Morgan fingerprint density at radius 3 is 2.46 bits per heavy atom. The Bertz CT molecular complexity index is 943. The van der Waals surface area contributed by atoms with E-state index in [1.54, 1.807) is 24.3 Å². The van der Waals surface area contributed by atoms with Crippen LogP contribution in [-0.4, -0.2) is 11.0 Å². The highest BCUT2D eigenvalue weighted by molar-refractivity contribution is 7.80. The van der Waals surface area contributed by atoms with Crippen LogP contribution in [0, 0.1) is 0 Å². The third-order valence-corrected chi connectivity index (χ3v) is 4.46. The maximum atomic E-state index is 12.3. The first-order chi connectivity index (χ1) is 11.5. The number of fused-ring (bicyclic) bond motifs is 1. The molecule has 0 bridgehead atoms. The van der Waals surface area contributed by atoms with Crippen molar-refractivity contribution in [3.05, 3.63) is 76.3 Å². The van der Waals surface area contributed by atoms with Crippen molar-refractivity contribution < 1.29 is 4.79 Å². The summed E-state index contributed by atoms with van der Waals surface area (Å²) in [5.41, 5.74) is 1.06. The molecule has 3 nitrogen and oxygen atoms in total. The van der Waals surface area contributed by atoms with Gasteiger partial charge in [0.15, 0.2) is 5.11 Å². The van der Waals surface area contributed by atoms with Crippen LogP contribution in [0.3, 0.4) is 0 Å². The van der Waals surface area contributed by atoms with Crippen molar-refractivity contribution in [1.29, 1.82) is 0 Å². The fourth-order valence-electron chi connectivity index (χ4n) is 2.26. The molecule has 0 saturated heterocycles. The van der Waals surface area contributed by atoms with E-state index in [1.807, 2.05) is 36.4 Å². The molecule has 0 heterocycles. The molecule has 0 aliphatic heterocycles. The van der Waals surface area contributed by atoms with E-state index in [2.05, 4.69) is 10.6 Å². The fourth-order valence-corrected chi connectivity index (χ4v) is 2.81. The first kappa shape index (κ1) is 16.7. The van der Waals surface area contributed by atoms with E-state index in [1.165, 1.54) is 0 Å². The number of rotatable bonds is 2. The van der Waals surface area contributed by atoms with Crippen LogP contribution in [0.5, 0.6) is 0 Å². The number of amides is 1. The van der Waals surface area contributed by atoms with E-state index >= 15 is 0 Å². The second-order valence-corrected chi connectivity index (χ2v) is 6.26. The molecule has 24 heavy (non-hydrogen) atoms. The lowest BCUT2D eigenvalue weighted by atomic mass is 10.1. The van der Waals surface area contributed by atoms with Gasteiger partial charge in [0.05, 0.1) is 15.7 Å². The third kappa shape index (κ3) is 3.67. The number of hydrogen-bond donors (Lipinski definition) is 2. The molecule has 3 rings (SSSR count). The second kappa shape index (κ2) is 7.18. The average Bonchev–Trinajstić information content (AvgIpc) is 2.58. The summed E-state index contributed by atoms with van der Waals surface area (Å²) in [4.78, 5) is 12.3. The molecule has 0 spiro atoms.